The number of methoxy groups -OCH3 is 1. The van der Waals surface area contributed by atoms with Crippen molar-refractivity contribution >= 4 is 16.7 Å². The van der Waals surface area contributed by atoms with Crippen molar-refractivity contribution in [1.82, 2.24) is 15.0 Å². The third-order valence-electron chi connectivity index (χ3n) is 4.57. The maximum Gasteiger partial charge on any atom is 0.163 e. The SMILES string of the molecule is COc1cc(-c2cc(F)ccc2F)cc2c(NC(C)C)nc(-c3cccnc3)nc12. The number of hydrogen-bond acceptors (Lipinski definition) is 5. The topological polar surface area (TPSA) is 59.9 Å². The molecule has 0 unspecified atom stereocenters. The van der Waals surface area contributed by atoms with Gasteiger partial charge in [0.05, 0.1) is 7.11 Å². The highest BCUT2D eigenvalue weighted by Gasteiger charge is 2.17. The van der Waals surface area contributed by atoms with E-state index < -0.39 is 11.6 Å². The number of fused-ring (bicyclic) bond motifs is 1. The van der Waals surface area contributed by atoms with E-state index in [-0.39, 0.29) is 11.6 Å². The van der Waals surface area contributed by atoms with Gasteiger partial charge in [-0.15, -0.1) is 0 Å². The van der Waals surface area contributed by atoms with E-state index in [9.17, 15) is 8.78 Å². The molecule has 0 spiro atoms. The Labute approximate surface area is 172 Å². The molecular formula is C23H20F2N4O. The Morgan fingerprint density at radius 1 is 1.00 bits per heavy atom. The first-order chi connectivity index (χ1) is 14.5. The smallest absolute Gasteiger partial charge is 0.163 e. The fourth-order valence-corrected chi connectivity index (χ4v) is 3.24. The second kappa shape index (κ2) is 8.02. The molecule has 0 radical (unpaired) electrons. The van der Waals surface area contributed by atoms with Crippen LogP contribution in [0.5, 0.6) is 5.75 Å². The Bertz CT molecular complexity index is 1210. The van der Waals surface area contributed by atoms with Crippen LogP contribution in [0.4, 0.5) is 14.6 Å². The maximum absolute atomic E-state index is 14.4. The van der Waals surface area contributed by atoms with Gasteiger partial charge in [-0.2, -0.15) is 0 Å². The molecule has 2 heterocycles. The van der Waals surface area contributed by atoms with E-state index in [0.29, 0.717) is 33.9 Å². The third kappa shape index (κ3) is 3.78. The Morgan fingerprint density at radius 2 is 1.83 bits per heavy atom. The summed E-state index contributed by atoms with van der Waals surface area (Å²) in [4.78, 5) is 13.5. The monoisotopic (exact) mass is 406 g/mol. The van der Waals surface area contributed by atoms with Crippen molar-refractivity contribution in [3.63, 3.8) is 0 Å². The molecule has 30 heavy (non-hydrogen) atoms. The highest BCUT2D eigenvalue weighted by Crippen LogP contribution is 2.37. The minimum atomic E-state index is -0.524. The van der Waals surface area contributed by atoms with E-state index in [1.807, 2.05) is 26.0 Å². The Morgan fingerprint density at radius 3 is 2.53 bits per heavy atom. The van der Waals surface area contributed by atoms with Crippen LogP contribution in [0.15, 0.2) is 54.9 Å². The molecule has 2 aromatic carbocycles. The van der Waals surface area contributed by atoms with Crippen molar-refractivity contribution in [3.8, 4) is 28.3 Å². The molecule has 0 bridgehead atoms. The molecule has 0 saturated heterocycles. The summed E-state index contributed by atoms with van der Waals surface area (Å²) >= 11 is 0. The molecule has 0 aliphatic heterocycles. The van der Waals surface area contributed by atoms with Crippen LogP contribution in [-0.4, -0.2) is 28.1 Å². The summed E-state index contributed by atoms with van der Waals surface area (Å²) in [5.41, 5.74) is 1.94. The van der Waals surface area contributed by atoms with Gasteiger partial charge in [0.2, 0.25) is 0 Å². The molecule has 0 aliphatic carbocycles. The molecular weight excluding hydrogens is 386 g/mol. The van der Waals surface area contributed by atoms with Crippen LogP contribution in [0, 0.1) is 11.6 Å². The Balaban J connectivity index is 2.01. The third-order valence-corrected chi connectivity index (χ3v) is 4.57. The standard InChI is InChI=1S/C23H20F2N4O/c1-13(2)27-23-18-9-15(17-11-16(24)6-7-19(17)25)10-20(30-3)21(18)28-22(29-23)14-5-4-8-26-12-14/h4-13H,1-3H3,(H,27,28,29). The molecule has 152 valence electrons. The Hall–Kier alpha value is -3.61. The number of halogens is 2. The number of nitrogens with zero attached hydrogens (tertiary/aromatic N) is 3. The van der Waals surface area contributed by atoms with Gasteiger partial charge >= 0.3 is 0 Å². The summed E-state index contributed by atoms with van der Waals surface area (Å²) in [7, 11) is 1.52. The van der Waals surface area contributed by atoms with Crippen molar-refractivity contribution < 1.29 is 13.5 Å². The summed E-state index contributed by atoms with van der Waals surface area (Å²) in [5.74, 6) is 0.455. The second-order valence-corrected chi connectivity index (χ2v) is 7.14. The fraction of sp³-hybridized carbons (Fsp3) is 0.174. The van der Waals surface area contributed by atoms with Gasteiger partial charge in [-0.1, -0.05) is 0 Å². The molecule has 1 N–H and O–H groups in total. The lowest BCUT2D eigenvalue weighted by Crippen LogP contribution is -2.12. The fourth-order valence-electron chi connectivity index (χ4n) is 3.24. The molecule has 0 amide bonds. The van der Waals surface area contributed by atoms with Gasteiger partial charge in [0.25, 0.3) is 0 Å². The summed E-state index contributed by atoms with van der Waals surface area (Å²) in [6.45, 7) is 3.98. The number of nitrogens with one attached hydrogen (secondary N) is 1. The summed E-state index contributed by atoms with van der Waals surface area (Å²) in [5, 5.41) is 3.97. The van der Waals surface area contributed by atoms with Gasteiger partial charge in [0.15, 0.2) is 5.82 Å². The molecule has 0 saturated carbocycles. The first kappa shape index (κ1) is 19.7. The zero-order chi connectivity index (χ0) is 21.3. The lowest BCUT2D eigenvalue weighted by molar-refractivity contribution is 0.419. The van der Waals surface area contributed by atoms with E-state index in [4.69, 9.17) is 4.74 Å². The van der Waals surface area contributed by atoms with E-state index in [1.54, 1.807) is 24.5 Å². The number of hydrogen-bond donors (Lipinski definition) is 1. The summed E-state index contributed by atoms with van der Waals surface area (Å²) in [6, 6.07) is 10.5. The largest absolute Gasteiger partial charge is 0.494 e. The lowest BCUT2D eigenvalue weighted by atomic mass is 10.0. The van der Waals surface area contributed by atoms with E-state index in [0.717, 1.165) is 23.8 Å². The zero-order valence-electron chi connectivity index (χ0n) is 16.8. The first-order valence-corrected chi connectivity index (χ1v) is 9.48. The van der Waals surface area contributed by atoms with Gasteiger partial charge in [-0.25, -0.2) is 18.7 Å². The van der Waals surface area contributed by atoms with Gasteiger partial charge in [-0.3, -0.25) is 4.98 Å². The number of rotatable bonds is 5. The number of aromatic nitrogens is 3. The molecule has 7 heteroatoms. The van der Waals surface area contributed by atoms with Gasteiger partial charge in [0.1, 0.15) is 28.7 Å². The predicted octanol–water partition coefficient (Wildman–Crippen LogP) is 5.47. The average molecular weight is 406 g/mol. The highest BCUT2D eigenvalue weighted by molar-refractivity contribution is 5.98. The first-order valence-electron chi connectivity index (χ1n) is 9.48. The highest BCUT2D eigenvalue weighted by atomic mass is 19.1. The molecule has 0 fully saturated rings. The average Bonchev–Trinajstić information content (AvgIpc) is 2.75. The van der Waals surface area contributed by atoms with E-state index in [2.05, 4.69) is 20.3 Å². The van der Waals surface area contributed by atoms with Crippen LogP contribution in [-0.2, 0) is 0 Å². The van der Waals surface area contributed by atoms with Crippen LogP contribution in [0.2, 0.25) is 0 Å². The number of pyridine rings is 1. The minimum absolute atomic E-state index is 0.0883. The van der Waals surface area contributed by atoms with Crippen LogP contribution < -0.4 is 10.1 Å². The molecule has 4 aromatic rings. The normalized spacial score (nSPS) is 11.1. The zero-order valence-corrected chi connectivity index (χ0v) is 16.8. The van der Waals surface area contributed by atoms with Crippen molar-refractivity contribution in [1.29, 1.82) is 0 Å². The van der Waals surface area contributed by atoms with Crippen LogP contribution >= 0.6 is 0 Å². The van der Waals surface area contributed by atoms with Gasteiger partial charge < -0.3 is 10.1 Å². The van der Waals surface area contributed by atoms with Crippen LogP contribution in [0.25, 0.3) is 33.4 Å². The van der Waals surface area contributed by atoms with Crippen molar-refractivity contribution in [2.45, 2.75) is 19.9 Å². The van der Waals surface area contributed by atoms with E-state index >= 15 is 0 Å². The van der Waals surface area contributed by atoms with Crippen LogP contribution in [0.1, 0.15) is 13.8 Å². The van der Waals surface area contributed by atoms with Gasteiger partial charge in [-0.05, 0) is 61.9 Å². The predicted molar refractivity (Wildman–Crippen MR) is 113 cm³/mol. The van der Waals surface area contributed by atoms with Crippen molar-refractivity contribution in [2.24, 2.45) is 0 Å². The number of anilines is 1. The molecule has 2 aromatic heterocycles. The maximum atomic E-state index is 14.4. The van der Waals surface area contributed by atoms with E-state index in [1.165, 1.54) is 7.11 Å². The summed E-state index contributed by atoms with van der Waals surface area (Å²) in [6.07, 6.45) is 3.36. The molecule has 5 nitrogen and oxygen atoms in total. The second-order valence-electron chi connectivity index (χ2n) is 7.14. The van der Waals surface area contributed by atoms with Crippen molar-refractivity contribution in [2.75, 3.05) is 12.4 Å². The molecule has 0 aliphatic rings. The Kier molecular flexibility index (Phi) is 5.27. The summed E-state index contributed by atoms with van der Waals surface area (Å²) < 4.78 is 33.8. The lowest BCUT2D eigenvalue weighted by Gasteiger charge is -2.16. The van der Waals surface area contributed by atoms with Crippen LogP contribution in [0.3, 0.4) is 0 Å². The molecule has 4 rings (SSSR count). The quantitative estimate of drug-likeness (QED) is 0.477. The number of benzene rings is 2. The van der Waals surface area contributed by atoms with Crippen molar-refractivity contribution in [3.05, 3.63) is 66.5 Å². The molecule has 0 atom stereocenters. The van der Waals surface area contributed by atoms with Gasteiger partial charge in [0, 0.05) is 34.9 Å². The number of ether oxygens (including phenoxy) is 1. The minimum Gasteiger partial charge on any atom is -0.494 e.